The number of hydrogen-bond donors (Lipinski definition) is 2. The Kier molecular flexibility index (Phi) is 6.43. The zero-order valence-electron chi connectivity index (χ0n) is 10.6. The highest BCUT2D eigenvalue weighted by molar-refractivity contribution is 5.79. The molecule has 1 saturated heterocycles. The van der Waals surface area contributed by atoms with E-state index in [9.17, 15) is 4.79 Å². The van der Waals surface area contributed by atoms with Gasteiger partial charge in [0.15, 0.2) is 6.29 Å². The van der Waals surface area contributed by atoms with Crippen molar-refractivity contribution in [3.05, 3.63) is 0 Å². The quantitative estimate of drug-likeness (QED) is 0.596. The Labute approximate surface area is 102 Å². The number of hydrogen-bond acceptors (Lipinski definition) is 5. The van der Waals surface area contributed by atoms with Crippen LogP contribution >= 0.6 is 0 Å². The van der Waals surface area contributed by atoms with Gasteiger partial charge in [-0.2, -0.15) is 0 Å². The lowest BCUT2D eigenvalue weighted by Crippen LogP contribution is -2.48. The Bertz CT molecular complexity index is 226. The van der Waals surface area contributed by atoms with Crippen LogP contribution in [0.2, 0.25) is 0 Å². The summed E-state index contributed by atoms with van der Waals surface area (Å²) >= 11 is 0. The second kappa shape index (κ2) is 7.60. The molecular weight excluding hydrogens is 222 g/mol. The number of amides is 1. The standard InChI is InChI=1S/C11H23N3O3/c1-16-10(17-2)8-9(11(12)15)14-6-3-4-13-5-7-14/h9-10,13H,3-8H2,1-2H3,(H2,12,15). The van der Waals surface area contributed by atoms with Crippen LogP contribution < -0.4 is 11.1 Å². The summed E-state index contributed by atoms with van der Waals surface area (Å²) in [6.45, 7) is 3.57. The molecule has 1 amide bonds. The third kappa shape index (κ3) is 4.59. The Morgan fingerprint density at radius 3 is 2.65 bits per heavy atom. The number of primary amides is 1. The second-order valence-corrected chi connectivity index (χ2v) is 4.19. The van der Waals surface area contributed by atoms with E-state index in [2.05, 4.69) is 10.2 Å². The first-order chi connectivity index (χ1) is 8.19. The summed E-state index contributed by atoms with van der Waals surface area (Å²) in [4.78, 5) is 13.6. The summed E-state index contributed by atoms with van der Waals surface area (Å²) in [5.41, 5.74) is 5.46. The van der Waals surface area contributed by atoms with Crippen LogP contribution in [-0.4, -0.2) is 63.5 Å². The van der Waals surface area contributed by atoms with Gasteiger partial charge in [-0.15, -0.1) is 0 Å². The lowest BCUT2D eigenvalue weighted by molar-refractivity contribution is -0.136. The Morgan fingerprint density at radius 1 is 1.35 bits per heavy atom. The van der Waals surface area contributed by atoms with E-state index in [-0.39, 0.29) is 18.2 Å². The van der Waals surface area contributed by atoms with E-state index in [4.69, 9.17) is 15.2 Å². The maximum atomic E-state index is 11.5. The molecule has 1 aliphatic heterocycles. The van der Waals surface area contributed by atoms with Crippen molar-refractivity contribution in [1.82, 2.24) is 10.2 Å². The van der Waals surface area contributed by atoms with Gasteiger partial charge in [0.05, 0.1) is 6.04 Å². The molecule has 0 spiro atoms. The first-order valence-electron chi connectivity index (χ1n) is 5.98. The van der Waals surface area contributed by atoms with Crippen molar-refractivity contribution >= 4 is 5.91 Å². The molecule has 100 valence electrons. The molecule has 3 N–H and O–H groups in total. The predicted octanol–water partition coefficient (Wildman–Crippen LogP) is -0.855. The van der Waals surface area contributed by atoms with E-state index in [0.29, 0.717) is 6.42 Å². The van der Waals surface area contributed by atoms with E-state index in [1.807, 2.05) is 0 Å². The molecule has 1 atom stereocenters. The fraction of sp³-hybridized carbons (Fsp3) is 0.909. The van der Waals surface area contributed by atoms with Crippen molar-refractivity contribution in [1.29, 1.82) is 0 Å². The van der Waals surface area contributed by atoms with Crippen molar-refractivity contribution in [2.24, 2.45) is 5.73 Å². The number of nitrogens with zero attached hydrogens (tertiary/aromatic N) is 1. The van der Waals surface area contributed by atoms with Crippen molar-refractivity contribution in [3.63, 3.8) is 0 Å². The van der Waals surface area contributed by atoms with Gasteiger partial charge in [0.25, 0.3) is 0 Å². The maximum absolute atomic E-state index is 11.5. The van der Waals surface area contributed by atoms with Crippen molar-refractivity contribution in [2.45, 2.75) is 25.2 Å². The average molecular weight is 245 g/mol. The summed E-state index contributed by atoms with van der Waals surface area (Å²) in [6.07, 6.45) is 1.11. The fourth-order valence-electron chi connectivity index (χ4n) is 2.09. The molecule has 1 fully saturated rings. The topological polar surface area (TPSA) is 76.8 Å². The van der Waals surface area contributed by atoms with Gasteiger partial charge in [0, 0.05) is 40.3 Å². The summed E-state index contributed by atoms with van der Waals surface area (Å²) in [5.74, 6) is -0.314. The molecule has 0 saturated carbocycles. The fourth-order valence-corrected chi connectivity index (χ4v) is 2.09. The molecule has 0 aliphatic carbocycles. The largest absolute Gasteiger partial charge is 0.368 e. The molecule has 0 aromatic carbocycles. The van der Waals surface area contributed by atoms with E-state index < -0.39 is 0 Å². The van der Waals surface area contributed by atoms with Crippen LogP contribution in [0.3, 0.4) is 0 Å². The van der Waals surface area contributed by atoms with Crippen LogP contribution in [0.5, 0.6) is 0 Å². The number of methoxy groups -OCH3 is 2. The Hall–Kier alpha value is -0.690. The molecule has 0 aromatic rings. The molecule has 1 rings (SSSR count). The van der Waals surface area contributed by atoms with E-state index in [0.717, 1.165) is 32.6 Å². The highest BCUT2D eigenvalue weighted by atomic mass is 16.7. The molecule has 1 heterocycles. The molecule has 6 nitrogen and oxygen atoms in total. The van der Waals surface area contributed by atoms with Gasteiger partial charge >= 0.3 is 0 Å². The molecular formula is C11H23N3O3. The van der Waals surface area contributed by atoms with Crippen LogP contribution in [0.1, 0.15) is 12.8 Å². The van der Waals surface area contributed by atoms with E-state index in [1.165, 1.54) is 0 Å². The van der Waals surface area contributed by atoms with Gasteiger partial charge < -0.3 is 20.5 Å². The van der Waals surface area contributed by atoms with Crippen LogP contribution in [0.25, 0.3) is 0 Å². The summed E-state index contributed by atoms with van der Waals surface area (Å²) < 4.78 is 10.3. The van der Waals surface area contributed by atoms with Gasteiger partial charge in [0.1, 0.15) is 0 Å². The molecule has 0 bridgehead atoms. The monoisotopic (exact) mass is 245 g/mol. The van der Waals surface area contributed by atoms with Gasteiger partial charge in [-0.25, -0.2) is 0 Å². The minimum atomic E-state index is -0.385. The lowest BCUT2D eigenvalue weighted by Gasteiger charge is -2.29. The molecule has 0 aromatic heterocycles. The maximum Gasteiger partial charge on any atom is 0.234 e. The lowest BCUT2D eigenvalue weighted by atomic mass is 10.1. The number of nitrogens with one attached hydrogen (secondary N) is 1. The third-order valence-electron chi connectivity index (χ3n) is 3.09. The van der Waals surface area contributed by atoms with Crippen LogP contribution in [0, 0.1) is 0 Å². The third-order valence-corrected chi connectivity index (χ3v) is 3.09. The SMILES string of the molecule is COC(CC(C(N)=O)N1CCCNCC1)OC. The predicted molar refractivity (Wildman–Crippen MR) is 64.5 cm³/mol. The number of carbonyl (C=O) groups is 1. The van der Waals surface area contributed by atoms with Crippen LogP contribution in [-0.2, 0) is 14.3 Å². The zero-order chi connectivity index (χ0) is 12.7. The summed E-state index contributed by atoms with van der Waals surface area (Å²) in [5, 5.41) is 3.30. The van der Waals surface area contributed by atoms with Crippen molar-refractivity contribution in [2.75, 3.05) is 40.4 Å². The number of nitrogens with two attached hydrogens (primary N) is 1. The normalized spacial score (nSPS) is 20.2. The summed E-state index contributed by atoms with van der Waals surface area (Å²) in [6, 6.07) is -0.320. The van der Waals surface area contributed by atoms with Crippen molar-refractivity contribution < 1.29 is 14.3 Å². The minimum Gasteiger partial charge on any atom is -0.368 e. The van der Waals surface area contributed by atoms with E-state index in [1.54, 1.807) is 14.2 Å². The van der Waals surface area contributed by atoms with Gasteiger partial charge in [-0.3, -0.25) is 9.69 Å². The first kappa shape index (κ1) is 14.4. The highest BCUT2D eigenvalue weighted by Crippen LogP contribution is 2.11. The van der Waals surface area contributed by atoms with Crippen LogP contribution in [0.4, 0.5) is 0 Å². The molecule has 0 radical (unpaired) electrons. The average Bonchev–Trinajstić information content (AvgIpc) is 2.59. The first-order valence-corrected chi connectivity index (χ1v) is 5.98. The zero-order valence-corrected chi connectivity index (χ0v) is 10.6. The van der Waals surface area contributed by atoms with Gasteiger partial charge in [-0.05, 0) is 13.0 Å². The Balaban J connectivity index is 2.59. The Morgan fingerprint density at radius 2 is 2.06 bits per heavy atom. The number of ether oxygens (including phenoxy) is 2. The number of carbonyl (C=O) groups excluding carboxylic acids is 1. The molecule has 1 aliphatic rings. The van der Waals surface area contributed by atoms with Gasteiger partial charge in [-0.1, -0.05) is 0 Å². The summed E-state index contributed by atoms with van der Waals surface area (Å²) in [7, 11) is 3.13. The van der Waals surface area contributed by atoms with Crippen molar-refractivity contribution in [3.8, 4) is 0 Å². The molecule has 1 unspecified atom stereocenters. The van der Waals surface area contributed by atoms with Crippen LogP contribution in [0.15, 0.2) is 0 Å². The second-order valence-electron chi connectivity index (χ2n) is 4.19. The van der Waals surface area contributed by atoms with Gasteiger partial charge in [0.2, 0.25) is 5.91 Å². The number of rotatable bonds is 6. The molecule has 17 heavy (non-hydrogen) atoms. The van der Waals surface area contributed by atoms with E-state index >= 15 is 0 Å². The smallest absolute Gasteiger partial charge is 0.234 e. The highest BCUT2D eigenvalue weighted by Gasteiger charge is 2.27. The minimum absolute atomic E-state index is 0.314. The molecule has 6 heteroatoms.